The molecule has 0 aliphatic rings. The summed E-state index contributed by atoms with van der Waals surface area (Å²) >= 11 is 0. The summed E-state index contributed by atoms with van der Waals surface area (Å²) in [6.45, 7) is 3.98. The van der Waals surface area contributed by atoms with Crippen LogP contribution in [0.3, 0.4) is 0 Å². The summed E-state index contributed by atoms with van der Waals surface area (Å²) in [5, 5.41) is 0. The molecule has 2 nitrogen and oxygen atoms in total. The molecule has 2 heteroatoms. The van der Waals surface area contributed by atoms with Crippen LogP contribution in [-0.2, 0) is 7.05 Å². The topological polar surface area (TPSA) is 17.0 Å². The molecule has 0 spiro atoms. The van der Waals surface area contributed by atoms with Crippen LogP contribution in [0.2, 0.25) is 0 Å². The predicted octanol–water partition coefficient (Wildman–Crippen LogP) is 0.721. The van der Waals surface area contributed by atoms with Gasteiger partial charge >= 0.3 is 0 Å². The molecule has 1 rings (SSSR count). The molecule has 0 amide bonds. The van der Waals surface area contributed by atoms with E-state index >= 15 is 0 Å². The number of hydrogen-bond acceptors (Lipinski definition) is 1. The molecule has 0 atom stereocenters. The van der Waals surface area contributed by atoms with Gasteiger partial charge in [-0.1, -0.05) is 0 Å². The second-order valence-electron chi connectivity index (χ2n) is 2.01. The van der Waals surface area contributed by atoms with E-state index in [1.807, 2.05) is 27.1 Å². The van der Waals surface area contributed by atoms with Crippen molar-refractivity contribution in [2.75, 3.05) is 0 Å². The largest absolute Gasteiger partial charge is 0.242 e. The van der Waals surface area contributed by atoms with Crippen molar-refractivity contribution in [1.29, 1.82) is 0 Å². The third kappa shape index (κ3) is 0.735. The van der Waals surface area contributed by atoms with Gasteiger partial charge < -0.3 is 0 Å². The summed E-state index contributed by atoms with van der Waals surface area (Å²) in [5.41, 5.74) is 1.20. The van der Waals surface area contributed by atoms with Crippen LogP contribution in [0.25, 0.3) is 0 Å². The van der Waals surface area contributed by atoms with E-state index in [4.69, 9.17) is 4.52 Å². The van der Waals surface area contributed by atoms with Crippen LogP contribution in [0.5, 0.6) is 0 Å². The van der Waals surface area contributed by atoms with Crippen molar-refractivity contribution in [3.63, 3.8) is 0 Å². The Kier molecular flexibility index (Phi) is 1.08. The van der Waals surface area contributed by atoms with Gasteiger partial charge in [-0.25, -0.2) is 4.52 Å². The molecule has 0 saturated carbocycles. The molecule has 0 radical (unpaired) electrons. The molecule has 0 aromatic carbocycles. The van der Waals surface area contributed by atoms with Gasteiger partial charge in [-0.3, -0.25) is 0 Å². The summed E-state index contributed by atoms with van der Waals surface area (Å²) < 4.78 is 6.83. The molecule has 0 unspecified atom stereocenters. The molecule has 44 valence electrons. The zero-order valence-corrected chi connectivity index (χ0v) is 5.43. The third-order valence-electron chi connectivity index (χ3n) is 1.21. The number of aromatic nitrogens is 1. The lowest BCUT2D eigenvalue weighted by Crippen LogP contribution is -2.22. The first-order valence-electron chi connectivity index (χ1n) is 2.63. The van der Waals surface area contributed by atoms with Gasteiger partial charge in [0, 0.05) is 6.92 Å². The van der Waals surface area contributed by atoms with Crippen LogP contribution in [0.15, 0.2) is 10.7 Å². The van der Waals surface area contributed by atoms with Crippen molar-refractivity contribution < 1.29 is 9.26 Å². The molecule has 1 aromatic rings. The van der Waals surface area contributed by atoms with Gasteiger partial charge in [0.1, 0.15) is 0 Å². The molecule has 0 N–H and O–H groups in total. The Morgan fingerprint density at radius 3 is 2.25 bits per heavy atom. The van der Waals surface area contributed by atoms with Gasteiger partial charge in [0.2, 0.25) is 6.20 Å². The fourth-order valence-electron chi connectivity index (χ4n) is 0.678. The second kappa shape index (κ2) is 1.62. The van der Waals surface area contributed by atoms with E-state index in [0.29, 0.717) is 0 Å². The maximum atomic E-state index is 5.13. The molecule has 8 heavy (non-hydrogen) atoms. The van der Waals surface area contributed by atoms with Gasteiger partial charge in [0.15, 0.2) is 12.8 Å². The molecular weight excluding hydrogens is 102 g/mol. The van der Waals surface area contributed by atoms with E-state index in [1.54, 1.807) is 4.74 Å². The van der Waals surface area contributed by atoms with Crippen LogP contribution in [0.1, 0.15) is 11.3 Å². The summed E-state index contributed by atoms with van der Waals surface area (Å²) in [6.07, 6.45) is 1.95. The molecule has 0 saturated heterocycles. The van der Waals surface area contributed by atoms with E-state index in [1.165, 1.54) is 5.56 Å². The smallest absolute Gasteiger partial charge is 0.222 e. The average molecular weight is 112 g/mol. The fraction of sp³-hybridized carbons (Fsp3) is 0.500. The lowest BCUT2D eigenvalue weighted by molar-refractivity contribution is -0.846. The Morgan fingerprint density at radius 2 is 2.12 bits per heavy atom. The van der Waals surface area contributed by atoms with Gasteiger partial charge in [-0.05, 0) is 11.7 Å². The molecule has 0 aliphatic carbocycles. The van der Waals surface area contributed by atoms with Crippen molar-refractivity contribution in [1.82, 2.24) is 0 Å². The summed E-state index contributed by atoms with van der Waals surface area (Å²) in [4.78, 5) is 0. The van der Waals surface area contributed by atoms with Crippen LogP contribution in [0.4, 0.5) is 0 Å². The number of nitrogens with zero attached hydrogens (tertiary/aromatic N) is 1. The number of hydrogen-bond donors (Lipinski definition) is 0. The minimum absolute atomic E-state index is 0.993. The molecular formula is C6H10NO+. The first-order chi connectivity index (χ1) is 3.70. The maximum Gasteiger partial charge on any atom is 0.222 e. The van der Waals surface area contributed by atoms with Gasteiger partial charge in [-0.15, -0.1) is 0 Å². The van der Waals surface area contributed by atoms with E-state index < -0.39 is 0 Å². The van der Waals surface area contributed by atoms with Crippen LogP contribution >= 0.6 is 0 Å². The van der Waals surface area contributed by atoms with Crippen LogP contribution in [0, 0.1) is 13.8 Å². The zero-order chi connectivity index (χ0) is 6.15. The van der Waals surface area contributed by atoms with Crippen LogP contribution < -0.4 is 4.74 Å². The van der Waals surface area contributed by atoms with Crippen molar-refractivity contribution in [3.8, 4) is 0 Å². The monoisotopic (exact) mass is 112 g/mol. The van der Waals surface area contributed by atoms with E-state index in [9.17, 15) is 0 Å². The molecule has 0 bridgehead atoms. The highest BCUT2D eigenvalue weighted by atomic mass is 16.5. The lowest BCUT2D eigenvalue weighted by atomic mass is 10.3. The second-order valence-corrected chi connectivity index (χ2v) is 2.01. The highest BCUT2D eigenvalue weighted by molar-refractivity contribution is 5.04. The Morgan fingerprint density at radius 1 is 1.50 bits per heavy atom. The molecule has 0 aliphatic heterocycles. The number of aryl methyl sites for hydroxylation is 3. The predicted molar refractivity (Wildman–Crippen MR) is 29.4 cm³/mol. The molecule has 1 aromatic heterocycles. The third-order valence-corrected chi connectivity index (χ3v) is 1.21. The normalized spacial score (nSPS) is 9.88. The van der Waals surface area contributed by atoms with Crippen molar-refractivity contribution in [3.05, 3.63) is 17.5 Å². The highest BCUT2D eigenvalue weighted by Gasteiger charge is 2.03. The highest BCUT2D eigenvalue weighted by Crippen LogP contribution is 1.99. The summed E-state index contributed by atoms with van der Waals surface area (Å²) in [5.74, 6) is 0.993. The summed E-state index contributed by atoms with van der Waals surface area (Å²) in [7, 11) is 1.88. The van der Waals surface area contributed by atoms with Crippen molar-refractivity contribution in [2.45, 2.75) is 13.8 Å². The van der Waals surface area contributed by atoms with E-state index in [0.717, 1.165) is 5.76 Å². The quantitative estimate of drug-likeness (QED) is 0.452. The van der Waals surface area contributed by atoms with Crippen molar-refractivity contribution >= 4 is 0 Å². The Hall–Kier alpha value is -0.790. The number of rotatable bonds is 0. The lowest BCUT2D eigenvalue weighted by Gasteiger charge is -1.71. The first-order valence-corrected chi connectivity index (χ1v) is 2.63. The van der Waals surface area contributed by atoms with Gasteiger partial charge in [-0.2, -0.15) is 0 Å². The standard InChI is InChI=1S/C6H10NO/c1-5-4-7(3)8-6(5)2/h4H,1-3H3/q+1. The SMILES string of the molecule is Cc1c[n+](C)oc1C. The first kappa shape index (κ1) is 5.35. The minimum atomic E-state index is 0.993. The summed E-state index contributed by atoms with van der Waals surface area (Å²) in [6, 6.07) is 0. The van der Waals surface area contributed by atoms with Crippen LogP contribution in [-0.4, -0.2) is 0 Å². The average Bonchev–Trinajstić information content (AvgIpc) is 1.85. The fourth-order valence-corrected chi connectivity index (χ4v) is 0.678. The molecule has 0 fully saturated rings. The van der Waals surface area contributed by atoms with E-state index in [2.05, 4.69) is 0 Å². The molecule has 1 heterocycles. The maximum absolute atomic E-state index is 5.13. The Bertz CT molecular complexity index is 171. The Labute approximate surface area is 48.7 Å². The minimum Gasteiger partial charge on any atom is -0.242 e. The van der Waals surface area contributed by atoms with Crippen molar-refractivity contribution in [2.24, 2.45) is 7.05 Å². The Balaban J connectivity index is 3.14. The van der Waals surface area contributed by atoms with E-state index in [-0.39, 0.29) is 0 Å². The zero-order valence-electron chi connectivity index (χ0n) is 5.43. The van der Waals surface area contributed by atoms with Gasteiger partial charge in [0.05, 0.1) is 5.56 Å². The van der Waals surface area contributed by atoms with Gasteiger partial charge in [0.25, 0.3) is 0 Å².